The number of nitrogens with zero attached hydrogens (tertiary/aromatic N) is 2. The van der Waals surface area contributed by atoms with Gasteiger partial charge >= 0.3 is 0 Å². The van der Waals surface area contributed by atoms with E-state index in [9.17, 15) is 0 Å². The summed E-state index contributed by atoms with van der Waals surface area (Å²) >= 11 is 5.00. The molecule has 0 bridgehead atoms. The molecule has 0 aliphatic rings. The van der Waals surface area contributed by atoms with Gasteiger partial charge in [-0.1, -0.05) is 21.1 Å². The van der Waals surface area contributed by atoms with E-state index in [1.165, 1.54) is 0 Å². The van der Waals surface area contributed by atoms with Crippen molar-refractivity contribution in [3.05, 3.63) is 28.5 Å². The van der Waals surface area contributed by atoms with E-state index < -0.39 is 0 Å². The van der Waals surface area contributed by atoms with Gasteiger partial charge in [0.25, 0.3) is 5.89 Å². The zero-order chi connectivity index (χ0) is 11.5. The van der Waals surface area contributed by atoms with Gasteiger partial charge in [0.15, 0.2) is 5.82 Å². The van der Waals surface area contributed by atoms with Gasteiger partial charge in [-0.15, -0.1) is 0 Å². The van der Waals surface area contributed by atoms with Gasteiger partial charge in [0.2, 0.25) is 0 Å². The fourth-order valence-electron chi connectivity index (χ4n) is 1.28. The second-order valence-electron chi connectivity index (χ2n) is 3.18. The molecule has 1 aromatic heterocycles. The third kappa shape index (κ3) is 2.38. The highest BCUT2D eigenvalue weighted by Crippen LogP contribution is 2.27. The van der Waals surface area contributed by atoms with Crippen LogP contribution in [-0.4, -0.2) is 16.4 Å². The standard InChI is InChI=1S/C10H10BrN3OS/c1-16-5-9-13-10(15-14-9)7-3-2-6(11)4-8(7)12/h2-4H,5,12H2,1H3. The van der Waals surface area contributed by atoms with Crippen LogP contribution in [0.3, 0.4) is 0 Å². The van der Waals surface area contributed by atoms with Crippen molar-refractivity contribution >= 4 is 33.4 Å². The maximum absolute atomic E-state index is 5.87. The van der Waals surface area contributed by atoms with Crippen LogP contribution in [0, 0.1) is 0 Å². The van der Waals surface area contributed by atoms with Crippen LogP contribution in [-0.2, 0) is 5.75 Å². The molecule has 0 atom stereocenters. The number of benzene rings is 1. The number of nitrogens with two attached hydrogens (primary N) is 1. The fraction of sp³-hybridized carbons (Fsp3) is 0.200. The van der Waals surface area contributed by atoms with Gasteiger partial charge < -0.3 is 10.3 Å². The smallest absolute Gasteiger partial charge is 0.260 e. The van der Waals surface area contributed by atoms with Crippen molar-refractivity contribution in [1.82, 2.24) is 10.1 Å². The zero-order valence-electron chi connectivity index (χ0n) is 8.61. The van der Waals surface area contributed by atoms with Crippen LogP contribution in [0.2, 0.25) is 0 Å². The minimum Gasteiger partial charge on any atom is -0.398 e. The first-order valence-corrected chi connectivity index (χ1v) is 6.76. The molecule has 0 fully saturated rings. The molecule has 0 unspecified atom stereocenters. The second-order valence-corrected chi connectivity index (χ2v) is 4.96. The lowest BCUT2D eigenvalue weighted by Crippen LogP contribution is -1.90. The van der Waals surface area contributed by atoms with Crippen molar-refractivity contribution < 1.29 is 4.52 Å². The number of nitrogen functional groups attached to an aromatic ring is 1. The van der Waals surface area contributed by atoms with Crippen molar-refractivity contribution in [2.45, 2.75) is 5.75 Å². The Labute approximate surface area is 106 Å². The SMILES string of the molecule is CSCc1noc(-c2ccc(Br)cc2N)n1. The third-order valence-electron chi connectivity index (χ3n) is 1.99. The predicted molar refractivity (Wildman–Crippen MR) is 69.1 cm³/mol. The van der Waals surface area contributed by atoms with E-state index in [4.69, 9.17) is 10.3 Å². The number of hydrogen-bond donors (Lipinski definition) is 1. The van der Waals surface area contributed by atoms with Gasteiger partial charge in [0, 0.05) is 10.2 Å². The Balaban J connectivity index is 2.35. The molecule has 84 valence electrons. The van der Waals surface area contributed by atoms with Crippen LogP contribution in [0.15, 0.2) is 27.2 Å². The molecule has 0 saturated carbocycles. The van der Waals surface area contributed by atoms with Crippen LogP contribution in [0.1, 0.15) is 5.82 Å². The molecule has 0 saturated heterocycles. The van der Waals surface area contributed by atoms with E-state index in [-0.39, 0.29) is 0 Å². The quantitative estimate of drug-likeness (QED) is 0.883. The first-order valence-electron chi connectivity index (χ1n) is 4.57. The average molecular weight is 300 g/mol. The number of rotatable bonds is 3. The van der Waals surface area contributed by atoms with E-state index in [2.05, 4.69) is 26.1 Å². The van der Waals surface area contributed by atoms with E-state index in [0.717, 1.165) is 15.8 Å². The number of halogens is 1. The monoisotopic (exact) mass is 299 g/mol. The molecule has 4 nitrogen and oxygen atoms in total. The Morgan fingerprint density at radius 3 is 3.00 bits per heavy atom. The number of anilines is 1. The normalized spacial score (nSPS) is 10.6. The maximum Gasteiger partial charge on any atom is 0.260 e. The minimum atomic E-state index is 0.467. The molecule has 2 N–H and O–H groups in total. The average Bonchev–Trinajstić information content (AvgIpc) is 2.67. The molecule has 0 amide bonds. The maximum atomic E-state index is 5.87. The van der Waals surface area contributed by atoms with Gasteiger partial charge in [0.1, 0.15) is 0 Å². The summed E-state index contributed by atoms with van der Waals surface area (Å²) in [7, 11) is 0. The van der Waals surface area contributed by atoms with Crippen molar-refractivity contribution in [2.75, 3.05) is 12.0 Å². The minimum absolute atomic E-state index is 0.467. The van der Waals surface area contributed by atoms with Crippen molar-refractivity contribution in [3.8, 4) is 11.5 Å². The van der Waals surface area contributed by atoms with Gasteiger partial charge in [0.05, 0.1) is 11.3 Å². The van der Waals surface area contributed by atoms with E-state index >= 15 is 0 Å². The molecule has 1 aromatic carbocycles. The summed E-state index contributed by atoms with van der Waals surface area (Å²) < 4.78 is 6.08. The molecule has 16 heavy (non-hydrogen) atoms. The molecule has 2 aromatic rings. The first-order chi connectivity index (χ1) is 7.70. The Morgan fingerprint density at radius 1 is 1.50 bits per heavy atom. The first kappa shape index (κ1) is 11.5. The Hall–Kier alpha value is -1.01. The molecule has 0 aliphatic carbocycles. The second kappa shape index (κ2) is 4.88. The molecule has 1 heterocycles. The highest BCUT2D eigenvalue weighted by Gasteiger charge is 2.11. The van der Waals surface area contributed by atoms with Crippen LogP contribution in [0.25, 0.3) is 11.5 Å². The number of thioether (sulfide) groups is 1. The molecule has 2 rings (SSSR count). The van der Waals surface area contributed by atoms with Gasteiger partial charge in [-0.3, -0.25) is 0 Å². The predicted octanol–water partition coefficient (Wildman–Crippen LogP) is 2.94. The molecule has 0 aliphatic heterocycles. The Morgan fingerprint density at radius 2 is 2.31 bits per heavy atom. The fourth-order valence-corrected chi connectivity index (χ4v) is 2.03. The lowest BCUT2D eigenvalue weighted by Gasteiger charge is -2.00. The van der Waals surface area contributed by atoms with Crippen LogP contribution < -0.4 is 5.73 Å². The van der Waals surface area contributed by atoms with Crippen molar-refractivity contribution in [2.24, 2.45) is 0 Å². The highest BCUT2D eigenvalue weighted by molar-refractivity contribution is 9.10. The zero-order valence-corrected chi connectivity index (χ0v) is 11.0. The summed E-state index contributed by atoms with van der Waals surface area (Å²) in [6.07, 6.45) is 1.99. The van der Waals surface area contributed by atoms with Crippen LogP contribution in [0.4, 0.5) is 5.69 Å². The molecular formula is C10H10BrN3OS. The summed E-state index contributed by atoms with van der Waals surface area (Å²) in [6, 6.07) is 5.56. The summed E-state index contributed by atoms with van der Waals surface area (Å²) in [5, 5.41) is 3.87. The van der Waals surface area contributed by atoms with Crippen LogP contribution in [0.5, 0.6) is 0 Å². The third-order valence-corrected chi connectivity index (χ3v) is 3.03. The highest BCUT2D eigenvalue weighted by atomic mass is 79.9. The van der Waals surface area contributed by atoms with Gasteiger partial charge in [-0.2, -0.15) is 16.7 Å². The van der Waals surface area contributed by atoms with Crippen LogP contribution >= 0.6 is 27.7 Å². The summed E-state index contributed by atoms with van der Waals surface area (Å²) in [5.74, 6) is 1.89. The Bertz CT molecular complexity index is 501. The van der Waals surface area contributed by atoms with Crippen molar-refractivity contribution in [1.29, 1.82) is 0 Å². The number of aromatic nitrogens is 2. The summed E-state index contributed by atoms with van der Waals surface area (Å²) in [4.78, 5) is 4.27. The summed E-state index contributed by atoms with van der Waals surface area (Å²) in [6.45, 7) is 0. The molecular weight excluding hydrogens is 290 g/mol. The largest absolute Gasteiger partial charge is 0.398 e. The van der Waals surface area contributed by atoms with E-state index in [1.54, 1.807) is 11.8 Å². The van der Waals surface area contributed by atoms with Gasteiger partial charge in [-0.05, 0) is 24.5 Å². The van der Waals surface area contributed by atoms with Crippen molar-refractivity contribution in [3.63, 3.8) is 0 Å². The topological polar surface area (TPSA) is 64.9 Å². The summed E-state index contributed by atoms with van der Waals surface area (Å²) in [5.41, 5.74) is 7.26. The van der Waals surface area contributed by atoms with E-state index in [1.807, 2.05) is 24.5 Å². The van der Waals surface area contributed by atoms with E-state index in [0.29, 0.717) is 17.4 Å². The molecule has 0 spiro atoms. The van der Waals surface area contributed by atoms with Gasteiger partial charge in [-0.25, -0.2) is 0 Å². The Kier molecular flexibility index (Phi) is 3.50. The molecule has 0 radical (unpaired) electrons. The number of hydrogen-bond acceptors (Lipinski definition) is 5. The molecule has 6 heteroatoms. The lowest BCUT2D eigenvalue weighted by molar-refractivity contribution is 0.425. The lowest BCUT2D eigenvalue weighted by atomic mass is 10.2.